The Morgan fingerprint density at radius 3 is 2.62 bits per heavy atom. The van der Waals surface area contributed by atoms with E-state index in [1.807, 2.05) is 6.07 Å². The van der Waals surface area contributed by atoms with E-state index in [1.54, 1.807) is 18.2 Å². The van der Waals surface area contributed by atoms with Gasteiger partial charge in [-0.05, 0) is 13.0 Å². The third-order valence-corrected chi connectivity index (χ3v) is 2.18. The van der Waals surface area contributed by atoms with Gasteiger partial charge in [-0.2, -0.15) is 0 Å². The first kappa shape index (κ1) is 9.99. The van der Waals surface area contributed by atoms with Crippen molar-refractivity contribution in [1.29, 1.82) is 0 Å². The van der Waals surface area contributed by atoms with Crippen LogP contribution in [0.1, 0.15) is 12.5 Å². The van der Waals surface area contributed by atoms with Gasteiger partial charge in [0, 0.05) is 16.1 Å². The second kappa shape index (κ2) is 4.23. The fourth-order valence-electron chi connectivity index (χ4n) is 0.939. The molecule has 3 heteroatoms. The zero-order valence-corrected chi connectivity index (χ0v) is 8.71. The number of carbonyl (C=O) groups excluding carboxylic acids is 1. The third-order valence-electron chi connectivity index (χ3n) is 1.49. The first-order chi connectivity index (χ1) is 6.11. The number of hydrogen-bond donors (Lipinski definition) is 1. The second-order valence-corrected chi connectivity index (χ2v) is 3.47. The number of benzene rings is 1. The highest BCUT2D eigenvalue weighted by Gasteiger charge is 2.03. The Balaban J connectivity index is 3.08. The van der Waals surface area contributed by atoms with Crippen molar-refractivity contribution in [3.05, 3.63) is 40.4 Å². The molecule has 1 aromatic carbocycles. The standard InChI is InChI=1S/C10H9BrO2/c1-7(12)6-10(13)8-4-2-3-5-9(8)11/h2-6,13H,1H3. The van der Waals surface area contributed by atoms with Crippen LogP contribution in [0.3, 0.4) is 0 Å². The molecule has 68 valence electrons. The van der Waals surface area contributed by atoms with E-state index in [-0.39, 0.29) is 11.5 Å². The molecule has 0 fully saturated rings. The van der Waals surface area contributed by atoms with Gasteiger partial charge in [-0.15, -0.1) is 0 Å². The molecule has 0 aliphatic carbocycles. The summed E-state index contributed by atoms with van der Waals surface area (Å²) in [5.41, 5.74) is 0.623. The lowest BCUT2D eigenvalue weighted by molar-refractivity contribution is -0.112. The quantitative estimate of drug-likeness (QED) is 0.638. The smallest absolute Gasteiger partial charge is 0.156 e. The Morgan fingerprint density at radius 2 is 2.08 bits per heavy atom. The third kappa shape index (κ3) is 2.70. The first-order valence-corrected chi connectivity index (χ1v) is 4.56. The van der Waals surface area contributed by atoms with Crippen LogP contribution in [0.2, 0.25) is 0 Å². The maximum absolute atomic E-state index is 10.7. The van der Waals surface area contributed by atoms with E-state index in [2.05, 4.69) is 15.9 Å². The molecule has 0 spiro atoms. The van der Waals surface area contributed by atoms with Gasteiger partial charge in [0.15, 0.2) is 5.78 Å². The Kier molecular flexibility index (Phi) is 3.25. The van der Waals surface area contributed by atoms with E-state index in [1.165, 1.54) is 13.0 Å². The van der Waals surface area contributed by atoms with Gasteiger partial charge in [0.1, 0.15) is 5.76 Å². The highest BCUT2D eigenvalue weighted by Crippen LogP contribution is 2.21. The van der Waals surface area contributed by atoms with Crippen LogP contribution in [-0.2, 0) is 4.79 Å². The van der Waals surface area contributed by atoms with Gasteiger partial charge in [-0.1, -0.05) is 34.1 Å². The summed E-state index contributed by atoms with van der Waals surface area (Å²) in [7, 11) is 0. The number of aliphatic hydroxyl groups excluding tert-OH is 1. The lowest BCUT2D eigenvalue weighted by Crippen LogP contribution is -1.89. The molecule has 1 aromatic rings. The molecule has 0 heterocycles. The fourth-order valence-corrected chi connectivity index (χ4v) is 1.43. The summed E-state index contributed by atoms with van der Waals surface area (Å²) in [6, 6.07) is 7.18. The predicted octanol–water partition coefficient (Wildman–Crippen LogP) is 2.94. The van der Waals surface area contributed by atoms with Gasteiger partial charge in [0.25, 0.3) is 0 Å². The van der Waals surface area contributed by atoms with E-state index in [9.17, 15) is 9.90 Å². The Hall–Kier alpha value is -1.09. The predicted molar refractivity (Wildman–Crippen MR) is 55.4 cm³/mol. The average Bonchev–Trinajstić information content (AvgIpc) is 2.03. The van der Waals surface area contributed by atoms with Crippen LogP contribution in [0.25, 0.3) is 5.76 Å². The van der Waals surface area contributed by atoms with E-state index >= 15 is 0 Å². The van der Waals surface area contributed by atoms with Crippen molar-refractivity contribution in [2.45, 2.75) is 6.92 Å². The Labute approximate surface area is 85.0 Å². The van der Waals surface area contributed by atoms with Crippen molar-refractivity contribution in [3.8, 4) is 0 Å². The summed E-state index contributed by atoms with van der Waals surface area (Å²) in [6.07, 6.45) is 1.19. The number of carbonyl (C=O) groups is 1. The van der Waals surface area contributed by atoms with E-state index < -0.39 is 0 Å². The molecular weight excluding hydrogens is 232 g/mol. The molecule has 0 aliphatic rings. The lowest BCUT2D eigenvalue weighted by Gasteiger charge is -2.01. The van der Waals surface area contributed by atoms with Crippen molar-refractivity contribution >= 4 is 27.5 Å². The van der Waals surface area contributed by atoms with Gasteiger partial charge in [-0.25, -0.2) is 0 Å². The average molecular weight is 241 g/mol. The van der Waals surface area contributed by atoms with Crippen LogP contribution < -0.4 is 0 Å². The zero-order valence-electron chi connectivity index (χ0n) is 7.12. The zero-order chi connectivity index (χ0) is 9.84. The van der Waals surface area contributed by atoms with Crippen LogP contribution in [-0.4, -0.2) is 10.9 Å². The van der Waals surface area contributed by atoms with Crippen LogP contribution in [0.15, 0.2) is 34.8 Å². The molecule has 0 bridgehead atoms. The molecule has 2 nitrogen and oxygen atoms in total. The molecule has 0 unspecified atom stereocenters. The highest BCUT2D eigenvalue weighted by molar-refractivity contribution is 9.10. The van der Waals surface area contributed by atoms with E-state index in [4.69, 9.17) is 0 Å². The van der Waals surface area contributed by atoms with E-state index in [0.29, 0.717) is 5.56 Å². The minimum Gasteiger partial charge on any atom is -0.507 e. The molecule has 0 amide bonds. The van der Waals surface area contributed by atoms with Crippen molar-refractivity contribution < 1.29 is 9.90 Å². The normalized spacial score (nSPS) is 11.4. The first-order valence-electron chi connectivity index (χ1n) is 3.77. The van der Waals surface area contributed by atoms with Crippen molar-refractivity contribution in [3.63, 3.8) is 0 Å². The number of hydrogen-bond acceptors (Lipinski definition) is 2. The molecular formula is C10H9BrO2. The minimum absolute atomic E-state index is 0.0139. The molecule has 13 heavy (non-hydrogen) atoms. The topological polar surface area (TPSA) is 37.3 Å². The molecule has 0 aromatic heterocycles. The maximum atomic E-state index is 10.7. The molecule has 0 saturated carbocycles. The summed E-state index contributed by atoms with van der Waals surface area (Å²) in [5.74, 6) is -0.187. The minimum atomic E-state index is -0.173. The van der Waals surface area contributed by atoms with Gasteiger partial charge >= 0.3 is 0 Å². The number of aliphatic hydroxyl groups is 1. The molecule has 0 aliphatic heterocycles. The molecule has 0 radical (unpaired) electrons. The summed E-state index contributed by atoms with van der Waals surface area (Å²) in [4.78, 5) is 10.7. The number of ketones is 1. The molecule has 0 saturated heterocycles. The monoisotopic (exact) mass is 240 g/mol. The van der Waals surface area contributed by atoms with Crippen molar-refractivity contribution in [2.75, 3.05) is 0 Å². The number of allylic oxidation sites excluding steroid dienone is 1. The maximum Gasteiger partial charge on any atom is 0.156 e. The van der Waals surface area contributed by atoms with Crippen LogP contribution in [0.5, 0.6) is 0 Å². The van der Waals surface area contributed by atoms with Crippen molar-refractivity contribution in [1.82, 2.24) is 0 Å². The lowest BCUT2D eigenvalue weighted by atomic mass is 10.1. The SMILES string of the molecule is CC(=O)C=C(O)c1ccccc1Br. The summed E-state index contributed by atoms with van der Waals surface area (Å²) in [6.45, 7) is 1.40. The van der Waals surface area contributed by atoms with Crippen LogP contribution in [0, 0.1) is 0 Å². The Morgan fingerprint density at radius 1 is 1.46 bits per heavy atom. The summed E-state index contributed by atoms with van der Waals surface area (Å²) in [5, 5.41) is 9.48. The fraction of sp³-hybridized carbons (Fsp3) is 0.100. The number of rotatable bonds is 2. The second-order valence-electron chi connectivity index (χ2n) is 2.62. The molecule has 1 rings (SSSR count). The molecule has 1 N–H and O–H groups in total. The largest absolute Gasteiger partial charge is 0.507 e. The highest BCUT2D eigenvalue weighted by atomic mass is 79.9. The van der Waals surface area contributed by atoms with Gasteiger partial charge in [-0.3, -0.25) is 4.79 Å². The van der Waals surface area contributed by atoms with Crippen LogP contribution >= 0.6 is 15.9 Å². The van der Waals surface area contributed by atoms with Crippen molar-refractivity contribution in [2.24, 2.45) is 0 Å². The Bertz CT molecular complexity index is 356. The summed E-state index contributed by atoms with van der Waals surface area (Å²) >= 11 is 3.27. The van der Waals surface area contributed by atoms with E-state index in [0.717, 1.165) is 4.47 Å². The van der Waals surface area contributed by atoms with Gasteiger partial charge in [0.05, 0.1) is 0 Å². The van der Waals surface area contributed by atoms with Gasteiger partial charge < -0.3 is 5.11 Å². The summed E-state index contributed by atoms with van der Waals surface area (Å²) < 4.78 is 0.769. The van der Waals surface area contributed by atoms with Gasteiger partial charge in [0.2, 0.25) is 0 Å². The van der Waals surface area contributed by atoms with Crippen LogP contribution in [0.4, 0.5) is 0 Å². The molecule has 0 atom stereocenters. The number of halogens is 1.